The fourth-order valence-corrected chi connectivity index (χ4v) is 3.71. The minimum absolute atomic E-state index is 0.453. The first kappa shape index (κ1) is 18.6. The average molecular weight is 387 g/mol. The number of hydrogen-bond donors (Lipinski definition) is 0. The van der Waals surface area contributed by atoms with Crippen LogP contribution in [0.15, 0.2) is 36.4 Å². The molecule has 0 N–H and O–H groups in total. The summed E-state index contributed by atoms with van der Waals surface area (Å²) in [6, 6.07) is 13.5. The summed E-state index contributed by atoms with van der Waals surface area (Å²) < 4.78 is 5.57. The first-order valence-electron chi connectivity index (χ1n) is 8.62. The molecule has 3 rings (SSSR count). The van der Waals surface area contributed by atoms with E-state index in [4.69, 9.17) is 27.9 Å². The minimum Gasteiger partial charge on any atom is -0.496 e. The number of methoxy groups -OCH3 is 1. The number of allylic oxidation sites excluding steroid dienone is 1. The van der Waals surface area contributed by atoms with Gasteiger partial charge < -0.3 is 9.64 Å². The lowest BCUT2D eigenvalue weighted by molar-refractivity contribution is 0.413. The summed E-state index contributed by atoms with van der Waals surface area (Å²) in [7, 11) is 1.65. The first-order valence-corrected chi connectivity index (χ1v) is 9.38. The third kappa shape index (κ3) is 4.15. The van der Waals surface area contributed by atoms with Gasteiger partial charge in [-0.1, -0.05) is 29.3 Å². The Hall–Kier alpha value is -2.15. The Labute approximate surface area is 164 Å². The van der Waals surface area contributed by atoms with E-state index in [2.05, 4.69) is 17.0 Å². The molecule has 0 aromatic heterocycles. The topological polar surface area (TPSA) is 36.3 Å². The van der Waals surface area contributed by atoms with E-state index >= 15 is 0 Å². The third-order valence-corrected chi connectivity index (χ3v) is 5.13. The van der Waals surface area contributed by atoms with Crippen LogP contribution >= 0.6 is 23.2 Å². The van der Waals surface area contributed by atoms with Gasteiger partial charge in [0.05, 0.1) is 23.8 Å². The molecule has 2 aromatic carbocycles. The zero-order valence-corrected chi connectivity index (χ0v) is 16.1. The van der Waals surface area contributed by atoms with Gasteiger partial charge in [-0.3, -0.25) is 0 Å². The summed E-state index contributed by atoms with van der Waals surface area (Å²) in [4.78, 5) is 2.38. The Morgan fingerprint density at radius 1 is 1.12 bits per heavy atom. The molecule has 26 heavy (non-hydrogen) atoms. The molecule has 1 aliphatic rings. The molecule has 0 saturated carbocycles. The largest absolute Gasteiger partial charge is 0.496 e. The molecule has 1 aliphatic heterocycles. The second kappa shape index (κ2) is 8.49. The molecule has 134 valence electrons. The van der Waals surface area contributed by atoms with E-state index in [1.165, 1.54) is 19.3 Å². The number of ether oxygens (including phenoxy) is 1. The summed E-state index contributed by atoms with van der Waals surface area (Å²) in [5.41, 5.74) is 3.12. The van der Waals surface area contributed by atoms with E-state index in [0.29, 0.717) is 21.2 Å². The van der Waals surface area contributed by atoms with Gasteiger partial charge in [0.2, 0.25) is 0 Å². The standard InChI is InChI=1S/C21H20Cl2N2O/c1-26-21-13-18(25-9-3-2-4-10-25)7-5-15(21)11-16(14-24)19-8-6-17(22)12-20(19)23/h5-8,11-13H,2-4,9-10H2,1H3/b16-11-. The van der Waals surface area contributed by atoms with Gasteiger partial charge in [-0.05, 0) is 49.6 Å². The molecular formula is C21H20Cl2N2O. The van der Waals surface area contributed by atoms with Crippen LogP contribution in [-0.4, -0.2) is 20.2 Å². The Morgan fingerprint density at radius 3 is 2.54 bits per heavy atom. The van der Waals surface area contributed by atoms with Crippen LogP contribution in [-0.2, 0) is 0 Å². The molecule has 5 heteroatoms. The first-order chi connectivity index (χ1) is 12.6. The third-order valence-electron chi connectivity index (χ3n) is 4.58. The SMILES string of the molecule is COc1cc(N2CCCCC2)ccc1/C=C(/C#N)c1ccc(Cl)cc1Cl. The Morgan fingerprint density at radius 2 is 1.88 bits per heavy atom. The van der Waals surface area contributed by atoms with Crippen LogP contribution in [0.4, 0.5) is 5.69 Å². The van der Waals surface area contributed by atoms with E-state index in [9.17, 15) is 5.26 Å². The van der Waals surface area contributed by atoms with Crippen molar-refractivity contribution >= 4 is 40.5 Å². The highest BCUT2D eigenvalue weighted by Crippen LogP contribution is 2.32. The quantitative estimate of drug-likeness (QED) is 0.473. The van der Waals surface area contributed by atoms with E-state index in [1.807, 2.05) is 12.1 Å². The van der Waals surface area contributed by atoms with Gasteiger partial charge in [0.1, 0.15) is 5.75 Å². The highest BCUT2D eigenvalue weighted by molar-refractivity contribution is 6.36. The zero-order valence-electron chi connectivity index (χ0n) is 14.6. The maximum absolute atomic E-state index is 9.60. The second-order valence-corrected chi connectivity index (χ2v) is 7.11. The molecule has 1 fully saturated rings. The van der Waals surface area contributed by atoms with E-state index < -0.39 is 0 Å². The number of piperidine rings is 1. The number of hydrogen-bond acceptors (Lipinski definition) is 3. The van der Waals surface area contributed by atoms with Crippen LogP contribution in [0, 0.1) is 11.3 Å². The number of rotatable bonds is 4. The van der Waals surface area contributed by atoms with Crippen molar-refractivity contribution in [1.29, 1.82) is 5.26 Å². The highest BCUT2D eigenvalue weighted by atomic mass is 35.5. The highest BCUT2D eigenvalue weighted by Gasteiger charge is 2.14. The Bertz CT molecular complexity index is 865. The molecule has 3 nitrogen and oxygen atoms in total. The molecule has 0 atom stereocenters. The molecule has 0 radical (unpaired) electrons. The lowest BCUT2D eigenvalue weighted by Crippen LogP contribution is -2.29. The van der Waals surface area contributed by atoms with Gasteiger partial charge in [-0.15, -0.1) is 0 Å². The summed E-state index contributed by atoms with van der Waals surface area (Å²) in [5, 5.41) is 10.6. The molecule has 1 saturated heterocycles. The van der Waals surface area contributed by atoms with Crippen molar-refractivity contribution in [3.8, 4) is 11.8 Å². The Kier molecular flexibility index (Phi) is 6.08. The number of nitrogens with zero attached hydrogens (tertiary/aromatic N) is 2. The van der Waals surface area contributed by atoms with Gasteiger partial charge in [0.25, 0.3) is 0 Å². The fraction of sp³-hybridized carbons (Fsp3) is 0.286. The van der Waals surface area contributed by atoms with Crippen molar-refractivity contribution in [2.45, 2.75) is 19.3 Å². The van der Waals surface area contributed by atoms with Crippen LogP contribution in [0.5, 0.6) is 5.75 Å². The monoisotopic (exact) mass is 386 g/mol. The maximum atomic E-state index is 9.60. The summed E-state index contributed by atoms with van der Waals surface area (Å²) >= 11 is 12.2. The predicted octanol–water partition coefficient (Wildman–Crippen LogP) is 6.06. The molecule has 2 aromatic rings. The van der Waals surface area contributed by atoms with Crippen LogP contribution in [0.25, 0.3) is 11.6 Å². The summed E-state index contributed by atoms with van der Waals surface area (Å²) in [5.74, 6) is 0.742. The van der Waals surface area contributed by atoms with Crippen LogP contribution in [0.1, 0.15) is 30.4 Å². The van der Waals surface area contributed by atoms with Crippen molar-refractivity contribution in [3.05, 3.63) is 57.6 Å². The molecule has 0 amide bonds. The van der Waals surface area contributed by atoms with Crippen molar-refractivity contribution in [2.75, 3.05) is 25.1 Å². The van der Waals surface area contributed by atoms with Crippen molar-refractivity contribution in [3.63, 3.8) is 0 Å². The van der Waals surface area contributed by atoms with Crippen LogP contribution in [0.3, 0.4) is 0 Å². The maximum Gasteiger partial charge on any atom is 0.128 e. The fourth-order valence-electron chi connectivity index (χ4n) is 3.20. The lowest BCUT2D eigenvalue weighted by Gasteiger charge is -2.29. The molecular weight excluding hydrogens is 367 g/mol. The number of benzene rings is 2. The van der Waals surface area contributed by atoms with E-state index in [-0.39, 0.29) is 0 Å². The van der Waals surface area contributed by atoms with Gasteiger partial charge in [-0.2, -0.15) is 5.26 Å². The van der Waals surface area contributed by atoms with Crippen LogP contribution < -0.4 is 9.64 Å². The second-order valence-electron chi connectivity index (χ2n) is 6.27. The van der Waals surface area contributed by atoms with E-state index in [0.717, 1.165) is 30.1 Å². The smallest absolute Gasteiger partial charge is 0.128 e. The number of halogens is 2. The average Bonchev–Trinajstić information content (AvgIpc) is 2.67. The van der Waals surface area contributed by atoms with Gasteiger partial charge in [0.15, 0.2) is 0 Å². The number of nitriles is 1. The molecule has 0 spiro atoms. The normalized spacial score (nSPS) is 14.8. The Balaban J connectivity index is 1.96. The minimum atomic E-state index is 0.453. The molecule has 0 bridgehead atoms. The zero-order chi connectivity index (χ0) is 18.5. The molecule has 0 unspecified atom stereocenters. The predicted molar refractivity (Wildman–Crippen MR) is 109 cm³/mol. The molecule has 1 heterocycles. The number of anilines is 1. The van der Waals surface area contributed by atoms with Crippen LogP contribution in [0.2, 0.25) is 10.0 Å². The summed E-state index contributed by atoms with van der Waals surface area (Å²) in [6.45, 7) is 2.14. The van der Waals surface area contributed by atoms with E-state index in [1.54, 1.807) is 31.4 Å². The van der Waals surface area contributed by atoms with Crippen molar-refractivity contribution < 1.29 is 4.74 Å². The molecule has 0 aliphatic carbocycles. The van der Waals surface area contributed by atoms with Gasteiger partial charge in [0, 0.05) is 41.0 Å². The summed E-state index contributed by atoms with van der Waals surface area (Å²) in [6.07, 6.45) is 5.53. The van der Waals surface area contributed by atoms with Crippen molar-refractivity contribution in [1.82, 2.24) is 0 Å². The van der Waals surface area contributed by atoms with Crippen molar-refractivity contribution in [2.24, 2.45) is 0 Å². The lowest BCUT2D eigenvalue weighted by atomic mass is 10.0. The van der Waals surface area contributed by atoms with Gasteiger partial charge in [-0.25, -0.2) is 0 Å². The van der Waals surface area contributed by atoms with Gasteiger partial charge >= 0.3 is 0 Å².